The molecular weight excluding hydrogens is 424 g/mol. The molecule has 2 saturated carbocycles. The number of amides is 4. The van der Waals surface area contributed by atoms with E-state index in [2.05, 4.69) is 22.8 Å². The maximum atomic E-state index is 13.7. The lowest BCUT2D eigenvalue weighted by atomic mass is 9.81. The number of hydrogen-bond acceptors (Lipinski definition) is 5. The van der Waals surface area contributed by atoms with Crippen molar-refractivity contribution in [3.8, 4) is 0 Å². The van der Waals surface area contributed by atoms with Crippen molar-refractivity contribution in [2.24, 2.45) is 40.7 Å². The minimum absolute atomic E-state index is 0.00155. The summed E-state index contributed by atoms with van der Waals surface area (Å²) in [6.45, 7) is 6.43. The summed E-state index contributed by atoms with van der Waals surface area (Å²) in [5.74, 6) is -0.702. The number of nitrogens with one attached hydrogen (secondary N) is 2. The van der Waals surface area contributed by atoms with Gasteiger partial charge in [-0.1, -0.05) is 12.2 Å². The highest BCUT2D eigenvalue weighted by atomic mass is 16.6. The van der Waals surface area contributed by atoms with E-state index in [4.69, 9.17) is 10.5 Å². The van der Waals surface area contributed by atoms with Gasteiger partial charge >= 0.3 is 6.09 Å². The van der Waals surface area contributed by atoms with E-state index in [9.17, 15) is 19.2 Å². The van der Waals surface area contributed by atoms with Crippen LogP contribution in [0.15, 0.2) is 12.2 Å². The number of ether oxygens (including phenoxy) is 1. The predicted octanol–water partition coefficient (Wildman–Crippen LogP) is 0.930. The van der Waals surface area contributed by atoms with Crippen LogP contribution in [0.25, 0.3) is 0 Å². The van der Waals surface area contributed by atoms with Crippen molar-refractivity contribution in [2.75, 3.05) is 13.1 Å². The molecular formula is C24H34N4O5. The first-order chi connectivity index (χ1) is 15.5. The highest BCUT2D eigenvalue weighted by molar-refractivity contribution is 5.92. The Morgan fingerprint density at radius 1 is 1.27 bits per heavy atom. The van der Waals surface area contributed by atoms with Gasteiger partial charge < -0.3 is 21.1 Å². The van der Waals surface area contributed by atoms with E-state index in [1.807, 2.05) is 0 Å². The van der Waals surface area contributed by atoms with Gasteiger partial charge in [0.15, 0.2) is 0 Å². The van der Waals surface area contributed by atoms with Crippen LogP contribution in [0.2, 0.25) is 0 Å². The smallest absolute Gasteiger partial charge is 0.410 e. The van der Waals surface area contributed by atoms with E-state index in [0.29, 0.717) is 25.4 Å². The number of nitrogens with zero attached hydrogens (tertiary/aromatic N) is 1. The van der Waals surface area contributed by atoms with E-state index in [1.165, 1.54) is 0 Å². The van der Waals surface area contributed by atoms with Crippen LogP contribution in [0, 0.1) is 35.0 Å². The van der Waals surface area contributed by atoms with Crippen molar-refractivity contribution in [2.45, 2.75) is 64.1 Å². The molecule has 4 amide bonds. The Kier molecular flexibility index (Phi) is 5.03. The molecule has 180 valence electrons. The second kappa shape index (κ2) is 7.46. The molecule has 9 heteroatoms. The van der Waals surface area contributed by atoms with E-state index >= 15 is 0 Å². The van der Waals surface area contributed by atoms with Crippen molar-refractivity contribution >= 4 is 23.8 Å². The number of nitrogens with two attached hydrogens (primary N) is 1. The Morgan fingerprint density at radius 2 is 1.97 bits per heavy atom. The van der Waals surface area contributed by atoms with E-state index in [1.54, 1.807) is 25.7 Å². The molecule has 2 heterocycles. The van der Waals surface area contributed by atoms with E-state index in [-0.39, 0.29) is 47.3 Å². The van der Waals surface area contributed by atoms with Gasteiger partial charge in [-0.15, -0.1) is 0 Å². The molecule has 5 aliphatic rings. The molecule has 0 radical (unpaired) electrons. The van der Waals surface area contributed by atoms with Crippen LogP contribution < -0.4 is 16.4 Å². The quantitative estimate of drug-likeness (QED) is 0.528. The fraction of sp³-hybridized carbons (Fsp3) is 0.750. The molecule has 0 aromatic rings. The Balaban J connectivity index is 1.38. The minimum Gasteiger partial charge on any atom is -0.444 e. The summed E-state index contributed by atoms with van der Waals surface area (Å²) in [6.07, 6.45) is 7.08. The van der Waals surface area contributed by atoms with Crippen molar-refractivity contribution < 1.29 is 23.9 Å². The Hall–Kier alpha value is -2.58. The zero-order chi connectivity index (χ0) is 23.7. The molecule has 33 heavy (non-hydrogen) atoms. The number of likely N-dealkylation sites (tertiary alicyclic amines) is 1. The van der Waals surface area contributed by atoms with E-state index in [0.717, 1.165) is 12.8 Å². The first kappa shape index (κ1) is 22.2. The van der Waals surface area contributed by atoms with Gasteiger partial charge in [-0.2, -0.15) is 0 Å². The van der Waals surface area contributed by atoms with Crippen molar-refractivity contribution in [1.82, 2.24) is 15.5 Å². The molecule has 4 N–H and O–H groups in total. The van der Waals surface area contributed by atoms with Gasteiger partial charge in [0.25, 0.3) is 0 Å². The lowest BCUT2D eigenvalue weighted by Crippen LogP contribution is -2.55. The number of allylic oxidation sites excluding steroid dienone is 2. The lowest BCUT2D eigenvalue weighted by molar-refractivity contribution is -0.132. The highest BCUT2D eigenvalue weighted by Crippen LogP contribution is 2.74. The summed E-state index contributed by atoms with van der Waals surface area (Å²) in [4.78, 5) is 52.5. The molecule has 1 spiro atoms. The molecule has 4 fully saturated rings. The number of fused-ring (bicyclic) bond motifs is 3. The van der Waals surface area contributed by atoms with Crippen LogP contribution in [0.4, 0.5) is 4.79 Å². The van der Waals surface area contributed by atoms with Crippen LogP contribution in [-0.4, -0.2) is 59.5 Å². The van der Waals surface area contributed by atoms with Crippen molar-refractivity contribution in [3.63, 3.8) is 0 Å². The molecule has 5 rings (SSSR count). The van der Waals surface area contributed by atoms with Gasteiger partial charge in [0.05, 0.1) is 0 Å². The fourth-order valence-electron chi connectivity index (χ4n) is 6.94. The highest BCUT2D eigenvalue weighted by Gasteiger charge is 2.71. The lowest BCUT2D eigenvalue weighted by Gasteiger charge is -2.33. The number of primary amides is 1. The Labute approximate surface area is 193 Å². The predicted molar refractivity (Wildman–Crippen MR) is 118 cm³/mol. The minimum atomic E-state index is -0.963. The monoisotopic (exact) mass is 458 g/mol. The second-order valence-electron chi connectivity index (χ2n) is 11.5. The maximum absolute atomic E-state index is 13.7. The Bertz CT molecular complexity index is 920. The largest absolute Gasteiger partial charge is 0.444 e. The average Bonchev–Trinajstić information content (AvgIpc) is 2.97. The third kappa shape index (κ3) is 3.60. The summed E-state index contributed by atoms with van der Waals surface area (Å²) in [5, 5.41) is 5.56. The maximum Gasteiger partial charge on any atom is 0.410 e. The third-order valence-electron chi connectivity index (χ3n) is 8.40. The normalized spacial score (nSPS) is 36.0. The van der Waals surface area contributed by atoms with Gasteiger partial charge in [-0.3, -0.25) is 19.3 Å². The zero-order valence-corrected chi connectivity index (χ0v) is 19.5. The third-order valence-corrected chi connectivity index (χ3v) is 8.40. The molecule has 0 aromatic heterocycles. The average molecular weight is 459 g/mol. The van der Waals surface area contributed by atoms with Gasteiger partial charge in [0.2, 0.25) is 17.7 Å². The Morgan fingerprint density at radius 3 is 2.55 bits per heavy atom. The zero-order valence-electron chi connectivity index (χ0n) is 19.5. The molecule has 2 aliphatic heterocycles. The molecule has 0 aromatic carbocycles. The number of carbonyl (C=O) groups excluding carboxylic acids is 4. The van der Waals surface area contributed by atoms with Crippen LogP contribution >= 0.6 is 0 Å². The molecule has 7 atom stereocenters. The fourth-order valence-corrected chi connectivity index (χ4v) is 6.94. The first-order valence-electron chi connectivity index (χ1n) is 12.1. The van der Waals surface area contributed by atoms with Crippen LogP contribution in [-0.2, 0) is 19.1 Å². The summed E-state index contributed by atoms with van der Waals surface area (Å²) >= 11 is 0. The first-order valence-corrected chi connectivity index (χ1v) is 12.1. The second-order valence-corrected chi connectivity index (χ2v) is 11.5. The summed E-state index contributed by atoms with van der Waals surface area (Å²) in [5.41, 5.74) is 5.17. The SMILES string of the molecule is CC(C)(C)OC(=O)N1C[C@H]2[C@@H]([C@H]1C(=O)N[C@@H](C[C@@H]1CCNC1=O)C(N)=O)[C@H]1C=C[C@@H]2C12CC2. The number of rotatable bonds is 5. The van der Waals surface area contributed by atoms with Crippen molar-refractivity contribution in [1.29, 1.82) is 0 Å². The van der Waals surface area contributed by atoms with Crippen LogP contribution in [0.1, 0.15) is 46.5 Å². The standard InChI is InChI=1S/C24H34N4O5/c1-23(2,3)33-22(32)28-11-13-14-4-5-15(24(14)7-8-24)17(13)18(28)21(31)27-16(19(25)29)10-12-6-9-26-20(12)30/h4-5,12-18H,6-11H2,1-3H3,(H2,25,29)(H,26,30)(H,27,31)/t12-,13+,14-,15+,16-,17+,18-/m0/s1. The molecule has 3 aliphatic carbocycles. The summed E-state index contributed by atoms with van der Waals surface area (Å²) < 4.78 is 5.64. The van der Waals surface area contributed by atoms with Gasteiger partial charge in [-0.05, 0) is 69.6 Å². The van der Waals surface area contributed by atoms with Crippen LogP contribution in [0.3, 0.4) is 0 Å². The summed E-state index contributed by atoms with van der Waals surface area (Å²) in [7, 11) is 0. The van der Waals surface area contributed by atoms with Gasteiger partial charge in [-0.25, -0.2) is 4.79 Å². The number of carbonyl (C=O) groups is 4. The molecule has 0 unspecified atom stereocenters. The molecule has 2 bridgehead atoms. The topological polar surface area (TPSA) is 131 Å². The van der Waals surface area contributed by atoms with Crippen LogP contribution in [0.5, 0.6) is 0 Å². The van der Waals surface area contributed by atoms with E-state index < -0.39 is 29.7 Å². The molecule has 9 nitrogen and oxygen atoms in total. The molecule has 2 saturated heterocycles. The summed E-state index contributed by atoms with van der Waals surface area (Å²) in [6, 6.07) is -1.68. The van der Waals surface area contributed by atoms with Gasteiger partial charge in [0, 0.05) is 24.9 Å². The number of hydrogen-bond donors (Lipinski definition) is 3. The van der Waals surface area contributed by atoms with Gasteiger partial charge in [0.1, 0.15) is 17.7 Å². The van der Waals surface area contributed by atoms with Crippen molar-refractivity contribution in [3.05, 3.63) is 12.2 Å².